The summed E-state index contributed by atoms with van der Waals surface area (Å²) in [6.07, 6.45) is 1.06. The average Bonchev–Trinajstić information content (AvgIpc) is 2.94. The van der Waals surface area contributed by atoms with E-state index in [1.807, 2.05) is 58.9 Å². The molecule has 2 atom stereocenters. The summed E-state index contributed by atoms with van der Waals surface area (Å²) in [5, 5.41) is 3.35. The molecule has 0 heterocycles. The van der Waals surface area contributed by atoms with E-state index in [4.69, 9.17) is 23.2 Å². The molecule has 3 aromatic carbocycles. The molecule has 3 aromatic rings. The average molecular weight is 619 g/mol. The molecule has 0 unspecified atom stereocenters. The molecular weight excluding hydrogens is 581 g/mol. The van der Waals surface area contributed by atoms with Crippen molar-refractivity contribution in [2.45, 2.75) is 71.0 Å². The van der Waals surface area contributed by atoms with Crippen molar-refractivity contribution in [3.63, 3.8) is 0 Å². The quantitative estimate of drug-likeness (QED) is 0.250. The smallest absolute Gasteiger partial charge is 0.264 e. The molecule has 0 bridgehead atoms. The maximum atomic E-state index is 14.2. The molecule has 0 aliphatic heterocycles. The predicted molar refractivity (Wildman–Crippen MR) is 166 cm³/mol. The number of hydrogen-bond acceptors (Lipinski definition) is 4. The third-order valence-electron chi connectivity index (χ3n) is 7.05. The number of nitrogens with zero attached hydrogens (tertiary/aromatic N) is 2. The summed E-state index contributed by atoms with van der Waals surface area (Å²) >= 11 is 12.7. The van der Waals surface area contributed by atoms with Crippen LogP contribution in [0.3, 0.4) is 0 Å². The van der Waals surface area contributed by atoms with Gasteiger partial charge in [0, 0.05) is 17.6 Å². The van der Waals surface area contributed by atoms with Gasteiger partial charge in [0.1, 0.15) is 12.6 Å². The first-order valence-electron chi connectivity index (χ1n) is 13.6. The number of sulfonamides is 1. The summed E-state index contributed by atoms with van der Waals surface area (Å²) in [5.41, 5.74) is 2.75. The first kappa shape index (κ1) is 32.4. The Labute approximate surface area is 253 Å². The van der Waals surface area contributed by atoms with Gasteiger partial charge in [-0.2, -0.15) is 0 Å². The molecule has 0 spiro atoms. The topological polar surface area (TPSA) is 86.8 Å². The van der Waals surface area contributed by atoms with E-state index < -0.39 is 28.5 Å². The molecule has 0 radical (unpaired) electrons. The van der Waals surface area contributed by atoms with Gasteiger partial charge in [-0.1, -0.05) is 79.0 Å². The Bertz CT molecular complexity index is 1480. The van der Waals surface area contributed by atoms with Crippen LogP contribution >= 0.6 is 23.2 Å². The van der Waals surface area contributed by atoms with Gasteiger partial charge in [-0.3, -0.25) is 13.9 Å². The number of benzene rings is 3. The molecule has 10 heteroatoms. The van der Waals surface area contributed by atoms with Crippen molar-refractivity contribution in [1.29, 1.82) is 0 Å². The van der Waals surface area contributed by atoms with Gasteiger partial charge in [0.2, 0.25) is 11.8 Å². The molecule has 3 rings (SSSR count). The second kappa shape index (κ2) is 14.2. The van der Waals surface area contributed by atoms with Gasteiger partial charge in [0.25, 0.3) is 10.0 Å². The molecular formula is C31H37Cl2N3O4S. The molecule has 0 aliphatic carbocycles. The molecule has 0 saturated carbocycles. The van der Waals surface area contributed by atoms with Gasteiger partial charge in [0.15, 0.2) is 0 Å². The molecule has 0 fully saturated rings. The van der Waals surface area contributed by atoms with E-state index >= 15 is 0 Å². The van der Waals surface area contributed by atoms with Crippen molar-refractivity contribution in [3.05, 3.63) is 93.5 Å². The number of hydrogen-bond donors (Lipinski definition) is 1. The fourth-order valence-electron chi connectivity index (χ4n) is 4.36. The maximum Gasteiger partial charge on any atom is 0.264 e. The lowest BCUT2D eigenvalue weighted by atomic mass is 10.1. The number of nitrogens with one attached hydrogen (secondary N) is 1. The summed E-state index contributed by atoms with van der Waals surface area (Å²) in [7, 11) is -4.25. The van der Waals surface area contributed by atoms with Crippen LogP contribution in [0, 0.1) is 13.8 Å². The minimum atomic E-state index is -4.25. The van der Waals surface area contributed by atoms with Crippen LogP contribution in [0.2, 0.25) is 10.0 Å². The van der Waals surface area contributed by atoms with Gasteiger partial charge < -0.3 is 10.2 Å². The van der Waals surface area contributed by atoms with Crippen LogP contribution in [-0.2, 0) is 26.2 Å². The summed E-state index contributed by atoms with van der Waals surface area (Å²) < 4.78 is 29.0. The highest BCUT2D eigenvalue weighted by Gasteiger charge is 2.35. The van der Waals surface area contributed by atoms with E-state index in [2.05, 4.69) is 5.32 Å². The number of halogens is 2. The summed E-state index contributed by atoms with van der Waals surface area (Å²) in [6, 6.07) is 17.5. The lowest BCUT2D eigenvalue weighted by Crippen LogP contribution is -2.53. The zero-order valence-electron chi connectivity index (χ0n) is 24.0. The Morgan fingerprint density at radius 3 is 2.20 bits per heavy atom. The molecule has 0 aromatic heterocycles. The molecule has 2 amide bonds. The zero-order chi connectivity index (χ0) is 30.3. The highest BCUT2D eigenvalue weighted by atomic mass is 35.5. The van der Waals surface area contributed by atoms with Crippen molar-refractivity contribution in [1.82, 2.24) is 10.2 Å². The Morgan fingerprint density at radius 1 is 0.927 bits per heavy atom. The van der Waals surface area contributed by atoms with E-state index in [0.717, 1.165) is 27.4 Å². The summed E-state index contributed by atoms with van der Waals surface area (Å²) in [5.74, 6) is -0.844. The largest absolute Gasteiger partial charge is 0.352 e. The maximum absolute atomic E-state index is 14.2. The van der Waals surface area contributed by atoms with Crippen LogP contribution in [0.1, 0.15) is 50.3 Å². The lowest BCUT2D eigenvalue weighted by Gasteiger charge is -2.34. The second-order valence-corrected chi connectivity index (χ2v) is 12.8. The van der Waals surface area contributed by atoms with Gasteiger partial charge in [-0.15, -0.1) is 0 Å². The van der Waals surface area contributed by atoms with E-state index in [-0.39, 0.29) is 39.1 Å². The Kier molecular flexibility index (Phi) is 11.2. The fourth-order valence-corrected chi connectivity index (χ4v) is 6.22. The normalized spacial score (nSPS) is 12.9. The highest BCUT2D eigenvalue weighted by Crippen LogP contribution is 2.33. The SMILES string of the molecule is CC[C@H](C(=O)N[C@@H](C)CC)N(Cc1ccccc1C)C(=O)CN(c1cc(Cl)ccc1Cl)S(=O)(=O)c1ccc(C)cc1. The van der Waals surface area contributed by atoms with Gasteiger partial charge in [0.05, 0.1) is 15.6 Å². The first-order valence-corrected chi connectivity index (χ1v) is 15.8. The number of amides is 2. The first-order chi connectivity index (χ1) is 19.4. The lowest BCUT2D eigenvalue weighted by molar-refractivity contribution is -0.140. The van der Waals surface area contributed by atoms with Crippen LogP contribution in [0.5, 0.6) is 0 Å². The van der Waals surface area contributed by atoms with E-state index in [9.17, 15) is 18.0 Å². The van der Waals surface area contributed by atoms with Crippen molar-refractivity contribution >= 4 is 50.7 Å². The van der Waals surface area contributed by atoms with Crippen molar-refractivity contribution in [2.24, 2.45) is 0 Å². The Morgan fingerprint density at radius 2 is 1.59 bits per heavy atom. The van der Waals surface area contributed by atoms with Crippen LogP contribution < -0.4 is 9.62 Å². The van der Waals surface area contributed by atoms with E-state index in [1.54, 1.807) is 18.2 Å². The predicted octanol–water partition coefficient (Wildman–Crippen LogP) is 6.53. The minimum absolute atomic E-state index is 0.000971. The summed E-state index contributed by atoms with van der Waals surface area (Å²) in [6.45, 7) is 9.00. The third kappa shape index (κ3) is 8.03. The second-order valence-electron chi connectivity index (χ2n) is 10.1. The van der Waals surface area contributed by atoms with Gasteiger partial charge in [-0.05, 0) is 75.1 Å². The van der Waals surface area contributed by atoms with Crippen LogP contribution in [0.15, 0.2) is 71.6 Å². The Hall–Kier alpha value is -3.07. The molecule has 7 nitrogen and oxygen atoms in total. The highest BCUT2D eigenvalue weighted by molar-refractivity contribution is 7.92. The number of carbonyl (C=O) groups is 2. The van der Waals surface area contributed by atoms with Crippen LogP contribution in [0.25, 0.3) is 0 Å². The number of aryl methyl sites for hydroxylation is 2. The minimum Gasteiger partial charge on any atom is -0.352 e. The standard InChI is InChI=1S/C31H37Cl2N3O4S/c1-6-23(5)34-31(38)28(7-2)35(19-24-11-9-8-10-22(24)4)30(37)20-36(29-18-25(32)14-17-27(29)33)41(39,40)26-15-12-21(3)13-16-26/h8-18,23,28H,6-7,19-20H2,1-5H3,(H,34,38)/t23-,28+/m0/s1. The number of rotatable bonds is 12. The molecule has 220 valence electrons. The van der Waals surface area contributed by atoms with Crippen molar-refractivity contribution < 1.29 is 18.0 Å². The number of carbonyl (C=O) groups excluding carboxylic acids is 2. The molecule has 0 aliphatic rings. The van der Waals surface area contributed by atoms with Crippen molar-refractivity contribution in [2.75, 3.05) is 10.8 Å². The zero-order valence-corrected chi connectivity index (χ0v) is 26.4. The number of anilines is 1. The Balaban J connectivity index is 2.11. The molecule has 0 saturated heterocycles. The van der Waals surface area contributed by atoms with Gasteiger partial charge in [-0.25, -0.2) is 8.42 Å². The molecule has 1 N–H and O–H groups in total. The van der Waals surface area contributed by atoms with Crippen LogP contribution in [-0.4, -0.2) is 43.8 Å². The van der Waals surface area contributed by atoms with Gasteiger partial charge >= 0.3 is 0 Å². The monoisotopic (exact) mass is 617 g/mol. The van der Waals surface area contributed by atoms with Crippen LogP contribution in [0.4, 0.5) is 5.69 Å². The van der Waals surface area contributed by atoms with Crippen molar-refractivity contribution in [3.8, 4) is 0 Å². The third-order valence-corrected chi connectivity index (χ3v) is 9.38. The van der Waals surface area contributed by atoms with E-state index in [0.29, 0.717) is 6.42 Å². The fraction of sp³-hybridized carbons (Fsp3) is 0.355. The van der Waals surface area contributed by atoms with E-state index in [1.165, 1.54) is 29.2 Å². The summed E-state index contributed by atoms with van der Waals surface area (Å²) in [4.78, 5) is 29.0. The molecule has 41 heavy (non-hydrogen) atoms.